The van der Waals surface area contributed by atoms with Crippen molar-refractivity contribution < 1.29 is 4.79 Å². The number of carbonyl (C=O) groups is 1. The summed E-state index contributed by atoms with van der Waals surface area (Å²) in [6.45, 7) is 0.785. The van der Waals surface area contributed by atoms with E-state index in [1.165, 1.54) is 28.7 Å². The summed E-state index contributed by atoms with van der Waals surface area (Å²) in [5.74, 6) is 0.490. The van der Waals surface area contributed by atoms with Gasteiger partial charge in [-0.15, -0.1) is 10.2 Å². The smallest absolute Gasteiger partial charge is 0.237 e. The molecule has 2 aromatic carbocycles. The molecule has 0 aliphatic carbocycles. The maximum Gasteiger partial charge on any atom is 0.237 e. The molecule has 1 aliphatic heterocycles. The molecule has 5 nitrogen and oxygen atoms in total. The summed E-state index contributed by atoms with van der Waals surface area (Å²) in [6.07, 6.45) is 2.05. The van der Waals surface area contributed by atoms with Gasteiger partial charge in [0.1, 0.15) is 0 Å². The summed E-state index contributed by atoms with van der Waals surface area (Å²) in [4.78, 5) is 14.6. The van der Waals surface area contributed by atoms with Crippen molar-refractivity contribution in [3.63, 3.8) is 0 Å². The van der Waals surface area contributed by atoms with Crippen LogP contribution in [0.4, 0.5) is 16.5 Å². The van der Waals surface area contributed by atoms with Crippen molar-refractivity contribution in [1.29, 1.82) is 0 Å². The molecule has 0 atom stereocenters. The Labute approximate surface area is 160 Å². The Morgan fingerprint density at radius 2 is 1.92 bits per heavy atom. The second-order valence-electron chi connectivity index (χ2n) is 5.93. The normalized spacial score (nSPS) is 13.3. The number of aryl methyl sites for hydroxylation is 1. The maximum atomic E-state index is 12.7. The first kappa shape index (κ1) is 17.1. The lowest BCUT2D eigenvalue weighted by molar-refractivity contribution is -0.116. The van der Waals surface area contributed by atoms with Crippen LogP contribution >= 0.6 is 23.1 Å². The highest BCUT2D eigenvalue weighted by Crippen LogP contribution is 2.30. The number of nitrogens with zero attached hydrogens (tertiary/aromatic N) is 3. The van der Waals surface area contributed by atoms with Gasteiger partial charge in [-0.05, 0) is 36.6 Å². The Balaban J connectivity index is 1.37. The van der Waals surface area contributed by atoms with Crippen molar-refractivity contribution in [2.75, 3.05) is 22.5 Å². The molecule has 0 saturated heterocycles. The number of amides is 1. The van der Waals surface area contributed by atoms with Gasteiger partial charge in [0.2, 0.25) is 11.0 Å². The quantitative estimate of drug-likeness (QED) is 0.665. The minimum atomic E-state index is 0.120. The topological polar surface area (TPSA) is 58.1 Å². The summed E-state index contributed by atoms with van der Waals surface area (Å²) in [5, 5.41) is 12.3. The van der Waals surface area contributed by atoms with Crippen LogP contribution in [0.3, 0.4) is 0 Å². The number of benzene rings is 2. The lowest BCUT2D eigenvalue weighted by atomic mass is 10.0. The standard InChI is InChI=1S/C19H18N4OS2/c24-17(23-12-6-8-14-7-4-5-11-16(14)23)13-25-19-22-21-18(26-19)20-15-9-2-1-3-10-15/h1-5,7,9-11H,6,8,12-13H2,(H,20,21). The zero-order valence-corrected chi connectivity index (χ0v) is 15.7. The van der Waals surface area contributed by atoms with Gasteiger partial charge in [-0.25, -0.2) is 0 Å². The first-order valence-electron chi connectivity index (χ1n) is 8.46. The Morgan fingerprint density at radius 1 is 1.12 bits per heavy atom. The SMILES string of the molecule is O=C(CSc1nnc(Nc2ccccc2)s1)N1CCCc2ccccc21. The number of hydrogen-bond donors (Lipinski definition) is 1. The van der Waals surface area contributed by atoms with Gasteiger partial charge in [0.15, 0.2) is 4.34 Å². The number of thioether (sulfide) groups is 1. The average molecular weight is 383 g/mol. The van der Waals surface area contributed by atoms with E-state index in [0.717, 1.165) is 40.2 Å². The second kappa shape index (κ2) is 7.88. The van der Waals surface area contributed by atoms with E-state index in [0.29, 0.717) is 5.75 Å². The number of aromatic nitrogens is 2. The van der Waals surface area contributed by atoms with Crippen LogP contribution in [0.15, 0.2) is 58.9 Å². The summed E-state index contributed by atoms with van der Waals surface area (Å²) in [6, 6.07) is 18.0. The van der Waals surface area contributed by atoms with Crippen molar-refractivity contribution in [1.82, 2.24) is 10.2 Å². The second-order valence-corrected chi connectivity index (χ2v) is 8.13. The molecule has 7 heteroatoms. The number of para-hydroxylation sites is 2. The largest absolute Gasteiger partial charge is 0.330 e. The van der Waals surface area contributed by atoms with E-state index in [1.807, 2.05) is 53.4 Å². The molecule has 1 N–H and O–H groups in total. The van der Waals surface area contributed by atoms with Gasteiger partial charge in [0.05, 0.1) is 5.75 Å². The third-order valence-electron chi connectivity index (χ3n) is 4.16. The lowest BCUT2D eigenvalue weighted by Crippen LogP contribution is -2.36. The van der Waals surface area contributed by atoms with Crippen LogP contribution in [0.1, 0.15) is 12.0 Å². The molecule has 1 amide bonds. The average Bonchev–Trinajstić information content (AvgIpc) is 3.14. The van der Waals surface area contributed by atoms with Crippen LogP contribution in [-0.4, -0.2) is 28.4 Å². The Hall–Kier alpha value is -2.38. The number of fused-ring (bicyclic) bond motifs is 1. The highest BCUT2D eigenvalue weighted by molar-refractivity contribution is 8.01. The van der Waals surface area contributed by atoms with Crippen LogP contribution in [0.5, 0.6) is 0 Å². The van der Waals surface area contributed by atoms with Gasteiger partial charge in [-0.2, -0.15) is 0 Å². The van der Waals surface area contributed by atoms with Crippen molar-refractivity contribution in [2.24, 2.45) is 0 Å². The highest BCUT2D eigenvalue weighted by Gasteiger charge is 2.22. The lowest BCUT2D eigenvalue weighted by Gasteiger charge is -2.29. The third-order valence-corrected chi connectivity index (χ3v) is 6.12. The van der Waals surface area contributed by atoms with Crippen molar-refractivity contribution in [3.8, 4) is 0 Å². The fourth-order valence-corrected chi connectivity index (χ4v) is 4.61. The molecule has 1 aliphatic rings. The van der Waals surface area contributed by atoms with Gasteiger partial charge in [0, 0.05) is 17.9 Å². The maximum absolute atomic E-state index is 12.7. The van der Waals surface area contributed by atoms with Crippen molar-refractivity contribution in [3.05, 3.63) is 60.2 Å². The van der Waals surface area contributed by atoms with Gasteiger partial charge < -0.3 is 10.2 Å². The first-order chi connectivity index (χ1) is 12.8. The number of rotatable bonds is 5. The predicted octanol–water partition coefficient (Wildman–Crippen LogP) is 4.35. The van der Waals surface area contributed by atoms with Crippen LogP contribution in [0.25, 0.3) is 0 Å². The van der Waals surface area contributed by atoms with Crippen molar-refractivity contribution in [2.45, 2.75) is 17.2 Å². The number of nitrogens with one attached hydrogen (secondary N) is 1. The van der Waals surface area contributed by atoms with Crippen LogP contribution in [0.2, 0.25) is 0 Å². The highest BCUT2D eigenvalue weighted by atomic mass is 32.2. The molecule has 2 heterocycles. The molecule has 0 radical (unpaired) electrons. The fourth-order valence-electron chi connectivity index (χ4n) is 2.96. The molecule has 26 heavy (non-hydrogen) atoms. The van der Waals surface area contributed by atoms with Crippen LogP contribution in [0, 0.1) is 0 Å². The first-order valence-corrected chi connectivity index (χ1v) is 10.3. The van der Waals surface area contributed by atoms with Gasteiger partial charge >= 0.3 is 0 Å². The molecule has 4 rings (SSSR count). The molecule has 132 valence electrons. The molecular weight excluding hydrogens is 364 g/mol. The van der Waals surface area contributed by atoms with E-state index in [-0.39, 0.29) is 5.91 Å². The molecule has 0 unspecified atom stereocenters. The molecule has 0 fully saturated rings. The molecular formula is C19H18N4OS2. The van der Waals surface area contributed by atoms with Gasteiger partial charge in [-0.3, -0.25) is 4.79 Å². The van der Waals surface area contributed by atoms with Crippen LogP contribution in [-0.2, 0) is 11.2 Å². The van der Waals surface area contributed by atoms with E-state index in [4.69, 9.17) is 0 Å². The minimum Gasteiger partial charge on any atom is -0.330 e. The molecule has 3 aromatic rings. The number of hydrogen-bond acceptors (Lipinski definition) is 6. The zero-order valence-electron chi connectivity index (χ0n) is 14.1. The van der Waals surface area contributed by atoms with Gasteiger partial charge in [-0.1, -0.05) is 59.5 Å². The Bertz CT molecular complexity index is 897. The Morgan fingerprint density at radius 3 is 2.81 bits per heavy atom. The Kier molecular flexibility index (Phi) is 5.17. The molecule has 0 bridgehead atoms. The number of anilines is 3. The summed E-state index contributed by atoms with van der Waals surface area (Å²) >= 11 is 2.90. The van der Waals surface area contributed by atoms with E-state index in [2.05, 4.69) is 21.6 Å². The summed E-state index contributed by atoms with van der Waals surface area (Å²) in [5.41, 5.74) is 3.27. The van der Waals surface area contributed by atoms with Crippen LogP contribution < -0.4 is 10.2 Å². The molecule has 0 saturated carbocycles. The van der Waals surface area contributed by atoms with E-state index in [1.54, 1.807) is 0 Å². The monoisotopic (exact) mass is 382 g/mol. The summed E-state index contributed by atoms with van der Waals surface area (Å²) in [7, 11) is 0. The number of carbonyl (C=O) groups excluding carboxylic acids is 1. The van der Waals surface area contributed by atoms with E-state index >= 15 is 0 Å². The molecule has 0 spiro atoms. The van der Waals surface area contributed by atoms with Crippen molar-refractivity contribution >= 4 is 45.5 Å². The molecule has 1 aromatic heterocycles. The fraction of sp³-hybridized carbons (Fsp3) is 0.211. The zero-order chi connectivity index (χ0) is 17.8. The van der Waals surface area contributed by atoms with E-state index in [9.17, 15) is 4.79 Å². The summed E-state index contributed by atoms with van der Waals surface area (Å²) < 4.78 is 0.794. The van der Waals surface area contributed by atoms with E-state index < -0.39 is 0 Å². The predicted molar refractivity (Wildman–Crippen MR) is 107 cm³/mol. The van der Waals surface area contributed by atoms with Gasteiger partial charge in [0.25, 0.3) is 0 Å². The minimum absolute atomic E-state index is 0.120. The third kappa shape index (κ3) is 3.89.